The number of hydrazone groups is 1. The van der Waals surface area contributed by atoms with Crippen molar-refractivity contribution in [2.45, 2.75) is 0 Å². The fourth-order valence-electron chi connectivity index (χ4n) is 1.47. The van der Waals surface area contributed by atoms with Crippen LogP contribution < -0.4 is 16.9 Å². The third kappa shape index (κ3) is 2.67. The molecule has 6 heteroatoms. The molecule has 0 saturated carbocycles. The lowest BCUT2D eigenvalue weighted by molar-refractivity contribution is 1.04. The number of benzene rings is 1. The van der Waals surface area contributed by atoms with Gasteiger partial charge in [0.15, 0.2) is 5.11 Å². The molecule has 0 spiro atoms. The molecule has 17 heavy (non-hydrogen) atoms. The van der Waals surface area contributed by atoms with E-state index in [1.165, 1.54) is 0 Å². The summed E-state index contributed by atoms with van der Waals surface area (Å²) in [5.41, 5.74) is 14.9. The van der Waals surface area contributed by atoms with Crippen molar-refractivity contribution in [1.82, 2.24) is 10.4 Å². The van der Waals surface area contributed by atoms with Gasteiger partial charge in [0.1, 0.15) is 0 Å². The first kappa shape index (κ1) is 11.3. The normalized spacial score (nSPS) is 10.8. The van der Waals surface area contributed by atoms with Gasteiger partial charge in [-0.2, -0.15) is 5.10 Å². The minimum atomic E-state index is 0.112. The molecule has 2 aromatic rings. The van der Waals surface area contributed by atoms with E-state index in [4.69, 9.17) is 11.5 Å². The summed E-state index contributed by atoms with van der Waals surface area (Å²) >= 11 is 4.64. The number of nitrogens with two attached hydrogens (primary N) is 2. The Labute approximate surface area is 104 Å². The van der Waals surface area contributed by atoms with Crippen LogP contribution in [0.2, 0.25) is 0 Å². The first-order valence-corrected chi connectivity index (χ1v) is 5.30. The lowest BCUT2D eigenvalue weighted by atomic mass is 10.1. The van der Waals surface area contributed by atoms with Gasteiger partial charge < -0.3 is 11.5 Å². The molecule has 1 aromatic heterocycles. The minimum Gasteiger partial charge on any atom is -0.399 e. The Morgan fingerprint density at radius 2 is 2.24 bits per heavy atom. The van der Waals surface area contributed by atoms with E-state index < -0.39 is 0 Å². The highest BCUT2D eigenvalue weighted by molar-refractivity contribution is 7.80. The monoisotopic (exact) mass is 245 g/mol. The topological polar surface area (TPSA) is 89.3 Å². The summed E-state index contributed by atoms with van der Waals surface area (Å²) in [6.45, 7) is 0. The van der Waals surface area contributed by atoms with Crippen molar-refractivity contribution in [2.24, 2.45) is 10.8 Å². The Hall–Kier alpha value is -2.21. The van der Waals surface area contributed by atoms with Crippen LogP contribution in [-0.2, 0) is 0 Å². The van der Waals surface area contributed by atoms with E-state index >= 15 is 0 Å². The summed E-state index contributed by atoms with van der Waals surface area (Å²) in [7, 11) is 0. The van der Waals surface area contributed by atoms with E-state index in [2.05, 4.69) is 27.7 Å². The first-order chi connectivity index (χ1) is 8.16. The van der Waals surface area contributed by atoms with Gasteiger partial charge in [-0.15, -0.1) is 0 Å². The Morgan fingerprint density at radius 3 is 3.00 bits per heavy atom. The Morgan fingerprint density at radius 1 is 1.41 bits per heavy atom. The maximum atomic E-state index is 5.74. The van der Waals surface area contributed by atoms with E-state index in [0.29, 0.717) is 11.4 Å². The van der Waals surface area contributed by atoms with Crippen molar-refractivity contribution >= 4 is 40.0 Å². The molecule has 0 amide bonds. The molecular formula is C11H11N5S. The molecule has 1 heterocycles. The molecule has 0 fully saturated rings. The van der Waals surface area contributed by atoms with Gasteiger partial charge in [-0.3, -0.25) is 10.4 Å². The molecule has 5 nitrogen and oxygen atoms in total. The molecule has 0 aliphatic heterocycles. The number of nitrogens with one attached hydrogen (secondary N) is 1. The third-order valence-corrected chi connectivity index (χ3v) is 2.27. The number of pyridine rings is 1. The average molecular weight is 245 g/mol. The van der Waals surface area contributed by atoms with Gasteiger partial charge in [-0.25, -0.2) is 0 Å². The van der Waals surface area contributed by atoms with Crippen LogP contribution in [0, 0.1) is 0 Å². The Kier molecular flexibility index (Phi) is 3.15. The molecule has 0 aliphatic rings. The maximum absolute atomic E-state index is 5.74. The van der Waals surface area contributed by atoms with Crippen molar-refractivity contribution in [3.05, 3.63) is 36.2 Å². The van der Waals surface area contributed by atoms with Crippen LogP contribution in [0.1, 0.15) is 5.69 Å². The number of rotatable bonds is 2. The molecular weight excluding hydrogens is 234 g/mol. The van der Waals surface area contributed by atoms with Gasteiger partial charge in [0.25, 0.3) is 0 Å². The fourth-order valence-corrected chi connectivity index (χ4v) is 1.52. The Balaban J connectivity index is 2.43. The Bertz CT molecular complexity index is 593. The van der Waals surface area contributed by atoms with E-state index in [0.717, 1.165) is 10.8 Å². The minimum absolute atomic E-state index is 0.112. The second-order valence-corrected chi connectivity index (χ2v) is 3.85. The van der Waals surface area contributed by atoms with Crippen molar-refractivity contribution in [3.8, 4) is 0 Å². The van der Waals surface area contributed by atoms with Gasteiger partial charge in [-0.05, 0) is 35.8 Å². The van der Waals surface area contributed by atoms with Crippen LogP contribution in [0.3, 0.4) is 0 Å². The van der Waals surface area contributed by atoms with Crippen LogP contribution in [-0.4, -0.2) is 16.3 Å². The standard InChI is InChI=1S/C11H11N5S/c12-8-2-1-7-3-4-14-10(9(7)5-8)6-15-16-11(13)17/h1-6H,12H2,(H3,13,16,17). The molecule has 0 unspecified atom stereocenters. The van der Waals surface area contributed by atoms with E-state index in [9.17, 15) is 0 Å². The SMILES string of the molecule is NC(=S)NN=Cc1nccc2ccc(N)cc12. The van der Waals surface area contributed by atoms with Gasteiger partial charge in [-0.1, -0.05) is 6.07 Å². The highest BCUT2D eigenvalue weighted by atomic mass is 32.1. The summed E-state index contributed by atoms with van der Waals surface area (Å²) in [5.74, 6) is 0. The second-order valence-electron chi connectivity index (χ2n) is 3.41. The molecule has 1 aromatic carbocycles. The van der Waals surface area contributed by atoms with E-state index in [-0.39, 0.29) is 5.11 Å². The van der Waals surface area contributed by atoms with Crippen LogP contribution in [0.4, 0.5) is 5.69 Å². The fraction of sp³-hybridized carbons (Fsp3) is 0. The summed E-state index contributed by atoms with van der Waals surface area (Å²) in [4.78, 5) is 4.22. The van der Waals surface area contributed by atoms with Crippen molar-refractivity contribution in [1.29, 1.82) is 0 Å². The van der Waals surface area contributed by atoms with Crippen LogP contribution in [0.5, 0.6) is 0 Å². The largest absolute Gasteiger partial charge is 0.399 e. The van der Waals surface area contributed by atoms with Gasteiger partial charge >= 0.3 is 0 Å². The molecule has 0 radical (unpaired) electrons. The molecule has 0 bridgehead atoms. The van der Waals surface area contributed by atoms with Crippen LogP contribution >= 0.6 is 12.2 Å². The van der Waals surface area contributed by atoms with Gasteiger partial charge in [0.2, 0.25) is 0 Å². The van der Waals surface area contributed by atoms with E-state index in [1.807, 2.05) is 24.3 Å². The first-order valence-electron chi connectivity index (χ1n) is 4.89. The predicted octanol–water partition coefficient (Wildman–Crippen LogP) is 0.984. The number of aromatic nitrogens is 1. The number of fused-ring (bicyclic) bond motifs is 1. The van der Waals surface area contributed by atoms with Crippen LogP contribution in [0.15, 0.2) is 35.6 Å². The third-order valence-electron chi connectivity index (χ3n) is 2.18. The zero-order valence-electron chi connectivity index (χ0n) is 8.92. The lowest BCUT2D eigenvalue weighted by Gasteiger charge is -2.02. The number of nitrogens with zero attached hydrogens (tertiary/aromatic N) is 2. The summed E-state index contributed by atoms with van der Waals surface area (Å²) in [6.07, 6.45) is 3.27. The highest BCUT2D eigenvalue weighted by Gasteiger charge is 2.00. The summed E-state index contributed by atoms with van der Waals surface area (Å²) in [5, 5.41) is 5.97. The highest BCUT2D eigenvalue weighted by Crippen LogP contribution is 2.18. The van der Waals surface area contributed by atoms with Crippen LogP contribution in [0.25, 0.3) is 10.8 Å². The number of hydrogen-bond acceptors (Lipinski definition) is 4. The molecule has 5 N–H and O–H groups in total. The summed E-state index contributed by atoms with van der Waals surface area (Å²) < 4.78 is 0. The molecule has 0 atom stereocenters. The number of anilines is 1. The quantitative estimate of drug-likeness (QED) is 0.318. The smallest absolute Gasteiger partial charge is 0.184 e. The van der Waals surface area contributed by atoms with E-state index in [1.54, 1.807) is 12.4 Å². The van der Waals surface area contributed by atoms with Gasteiger partial charge in [0.05, 0.1) is 11.9 Å². The molecule has 86 valence electrons. The number of nitrogen functional groups attached to an aromatic ring is 1. The molecule has 2 rings (SSSR count). The van der Waals surface area contributed by atoms with Crippen molar-refractivity contribution < 1.29 is 0 Å². The molecule has 0 aliphatic carbocycles. The zero-order valence-corrected chi connectivity index (χ0v) is 9.74. The zero-order chi connectivity index (χ0) is 12.3. The lowest BCUT2D eigenvalue weighted by Crippen LogP contribution is -2.24. The number of hydrogen-bond donors (Lipinski definition) is 3. The molecule has 0 saturated heterocycles. The predicted molar refractivity (Wildman–Crippen MR) is 73.7 cm³/mol. The average Bonchev–Trinajstić information content (AvgIpc) is 2.29. The van der Waals surface area contributed by atoms with Gasteiger partial charge in [0, 0.05) is 17.3 Å². The van der Waals surface area contributed by atoms with Crippen molar-refractivity contribution in [2.75, 3.05) is 5.73 Å². The summed E-state index contributed by atoms with van der Waals surface area (Å²) in [6, 6.07) is 7.54. The second kappa shape index (κ2) is 4.75. The number of thiocarbonyl (C=S) groups is 1. The maximum Gasteiger partial charge on any atom is 0.184 e. The van der Waals surface area contributed by atoms with Crippen molar-refractivity contribution in [3.63, 3.8) is 0 Å².